The number of benzene rings is 4. The fourth-order valence-corrected chi connectivity index (χ4v) is 6.93. The zero-order valence-corrected chi connectivity index (χ0v) is 25.9. The van der Waals surface area contributed by atoms with Gasteiger partial charge in [-0.25, -0.2) is 0 Å². The molecule has 0 amide bonds. The predicted octanol–water partition coefficient (Wildman–Crippen LogP) is 7.20. The Morgan fingerprint density at radius 1 is 0.366 bits per heavy atom. The van der Waals surface area contributed by atoms with Crippen LogP contribution in [0.2, 0.25) is 0 Å². The van der Waals surface area contributed by atoms with Crippen molar-refractivity contribution in [1.29, 1.82) is 0 Å². The Hall–Kier alpha value is -4.31. The molecule has 0 fully saturated rings. The van der Waals surface area contributed by atoms with Gasteiger partial charge in [0.05, 0.1) is 0 Å². The Morgan fingerprint density at radius 3 is 0.878 bits per heavy atom. The summed E-state index contributed by atoms with van der Waals surface area (Å²) >= 11 is -1.06. The molecule has 0 radical (unpaired) electrons. The molecule has 0 aliphatic rings. The van der Waals surface area contributed by atoms with Crippen LogP contribution < -0.4 is 8.68 Å². The molecule has 6 aromatic rings. The number of hydrogen-bond acceptors (Lipinski definition) is 4. The molecule has 0 saturated heterocycles. The fraction of sp³-hybridized carbons (Fsp3) is 0.111. The number of nitrogens with zero attached hydrogens (tertiary/aromatic N) is 4. The Kier molecular flexibility index (Phi) is 7.65. The molecule has 0 atom stereocenters. The molecule has 6 rings (SSSR count). The Labute approximate surface area is 249 Å². The summed E-state index contributed by atoms with van der Waals surface area (Å²) in [6, 6.07) is 38.1. The average Bonchev–Trinajstić information content (AvgIpc) is 2.97. The van der Waals surface area contributed by atoms with Crippen molar-refractivity contribution in [1.82, 2.24) is 19.9 Å². The van der Waals surface area contributed by atoms with Crippen LogP contribution in [0.5, 0.6) is 0 Å². The second kappa shape index (κ2) is 11.7. The normalized spacial score (nSPS) is 11.1. The molecule has 202 valence electrons. The molecular formula is C36H30IrN4+. The third-order valence-corrected chi connectivity index (χ3v) is 8.92. The monoisotopic (exact) mass is 711 g/mol. The van der Waals surface area contributed by atoms with Gasteiger partial charge in [-0.15, -0.1) is 0 Å². The standard InChI is InChI=1S/2C18H15N2.Ir/c2*1-13-5-3-7-15(9-13)17-11-18(20-12-19-17)16-8-4-6-14(2)10-16;/h2*3-11H,1-2H3;/q;;+1. The predicted molar refractivity (Wildman–Crippen MR) is 164 cm³/mol. The van der Waals surface area contributed by atoms with Gasteiger partial charge in [-0.1, -0.05) is 0 Å². The molecule has 0 aliphatic heterocycles. The molecule has 4 aromatic carbocycles. The summed E-state index contributed by atoms with van der Waals surface area (Å²) in [5, 5.41) is 0. The van der Waals surface area contributed by atoms with Crippen LogP contribution in [0.15, 0.2) is 109 Å². The molecule has 0 saturated carbocycles. The van der Waals surface area contributed by atoms with Gasteiger partial charge >= 0.3 is 250 Å². The van der Waals surface area contributed by atoms with Gasteiger partial charge in [-0.3, -0.25) is 0 Å². The first-order valence-electron chi connectivity index (χ1n) is 13.6. The number of aromatic nitrogens is 4. The first-order chi connectivity index (χ1) is 19.9. The maximum absolute atomic E-state index is 5.09. The quantitative estimate of drug-likeness (QED) is 0.184. The van der Waals surface area contributed by atoms with Crippen molar-refractivity contribution in [3.8, 4) is 45.0 Å². The minimum atomic E-state index is -1.06. The summed E-state index contributed by atoms with van der Waals surface area (Å²) in [4.78, 5) is 20.3. The first-order valence-corrected chi connectivity index (χ1v) is 16.0. The van der Waals surface area contributed by atoms with Crippen LogP contribution in [0.1, 0.15) is 22.3 Å². The van der Waals surface area contributed by atoms with Crippen LogP contribution in [0.25, 0.3) is 45.0 Å². The molecule has 2 aromatic heterocycles. The Bertz CT molecular complexity index is 1610. The fourth-order valence-electron chi connectivity index (χ4n) is 4.76. The maximum atomic E-state index is 5.09. The van der Waals surface area contributed by atoms with Crippen LogP contribution in [0.4, 0.5) is 0 Å². The third kappa shape index (κ3) is 6.38. The summed E-state index contributed by atoms with van der Waals surface area (Å²) in [7, 11) is 0. The second-order valence-corrected chi connectivity index (χ2v) is 13.1. The van der Waals surface area contributed by atoms with E-state index < -0.39 is 17.7 Å². The van der Waals surface area contributed by atoms with Crippen molar-refractivity contribution < 1.29 is 17.7 Å². The van der Waals surface area contributed by atoms with Crippen molar-refractivity contribution in [2.75, 3.05) is 0 Å². The van der Waals surface area contributed by atoms with Crippen LogP contribution in [-0.2, 0) is 17.7 Å². The van der Waals surface area contributed by atoms with Gasteiger partial charge in [-0.2, -0.15) is 0 Å². The van der Waals surface area contributed by atoms with Crippen LogP contribution >= 0.6 is 0 Å². The number of rotatable bonds is 6. The van der Waals surface area contributed by atoms with Gasteiger partial charge in [0, 0.05) is 0 Å². The van der Waals surface area contributed by atoms with Gasteiger partial charge in [0.1, 0.15) is 0 Å². The van der Waals surface area contributed by atoms with Crippen molar-refractivity contribution >= 4 is 8.68 Å². The Balaban J connectivity index is 1.49. The summed E-state index contributed by atoms with van der Waals surface area (Å²) in [6.45, 7) is 8.44. The third-order valence-electron chi connectivity index (χ3n) is 6.78. The zero-order valence-electron chi connectivity index (χ0n) is 23.5. The molecule has 0 bridgehead atoms. The van der Waals surface area contributed by atoms with E-state index >= 15 is 0 Å². The minimum absolute atomic E-state index is 0.817. The summed E-state index contributed by atoms with van der Waals surface area (Å²) in [6.07, 6.45) is 0. The van der Waals surface area contributed by atoms with Crippen LogP contribution in [0, 0.1) is 27.7 Å². The summed E-state index contributed by atoms with van der Waals surface area (Å²) in [5.41, 5.74) is 12.9. The van der Waals surface area contributed by atoms with Gasteiger partial charge in [0.15, 0.2) is 0 Å². The molecule has 2 heterocycles. The van der Waals surface area contributed by atoms with E-state index in [0.717, 1.165) is 53.7 Å². The molecule has 0 N–H and O–H groups in total. The van der Waals surface area contributed by atoms with Gasteiger partial charge < -0.3 is 0 Å². The van der Waals surface area contributed by atoms with Crippen LogP contribution in [-0.4, -0.2) is 19.9 Å². The van der Waals surface area contributed by atoms with E-state index in [0.29, 0.717) is 0 Å². The second-order valence-electron chi connectivity index (χ2n) is 10.3. The number of aryl methyl sites for hydroxylation is 4. The SMILES string of the molecule is Cc1cccc(-c2cc(-c3cccc(C)c3)n[c]([Ir+][c]3nc(-c4cccc(C)c4)cc(-c4cccc(C)c4)n3)n2)c1. The topological polar surface area (TPSA) is 51.6 Å². The van der Waals surface area contributed by atoms with E-state index in [4.69, 9.17) is 19.9 Å². The van der Waals surface area contributed by atoms with Crippen molar-refractivity contribution in [3.05, 3.63) is 131 Å². The van der Waals surface area contributed by atoms with E-state index in [2.05, 4.69) is 137 Å². The van der Waals surface area contributed by atoms with E-state index in [1.807, 2.05) is 0 Å². The van der Waals surface area contributed by atoms with E-state index in [1.54, 1.807) is 0 Å². The summed E-state index contributed by atoms with van der Waals surface area (Å²) in [5.74, 6) is 0. The molecule has 4 nitrogen and oxygen atoms in total. The van der Waals surface area contributed by atoms with E-state index in [9.17, 15) is 0 Å². The van der Waals surface area contributed by atoms with Crippen molar-refractivity contribution in [3.63, 3.8) is 0 Å². The molecule has 5 heteroatoms. The van der Waals surface area contributed by atoms with Gasteiger partial charge in [0.2, 0.25) is 0 Å². The van der Waals surface area contributed by atoms with E-state index in [1.165, 1.54) is 22.3 Å². The zero-order chi connectivity index (χ0) is 28.3. The average molecular weight is 711 g/mol. The van der Waals surface area contributed by atoms with Crippen molar-refractivity contribution in [2.24, 2.45) is 0 Å². The molecular weight excluding hydrogens is 681 g/mol. The van der Waals surface area contributed by atoms with Gasteiger partial charge in [-0.05, 0) is 0 Å². The number of hydrogen-bond donors (Lipinski definition) is 0. The first kappa shape index (κ1) is 26.9. The molecule has 41 heavy (non-hydrogen) atoms. The van der Waals surface area contributed by atoms with Crippen molar-refractivity contribution in [2.45, 2.75) is 27.7 Å². The van der Waals surface area contributed by atoms with Gasteiger partial charge in [0.25, 0.3) is 0 Å². The van der Waals surface area contributed by atoms with E-state index in [-0.39, 0.29) is 0 Å². The molecule has 0 spiro atoms. The Morgan fingerprint density at radius 2 is 0.634 bits per heavy atom. The molecule has 0 unspecified atom stereocenters. The summed E-state index contributed by atoms with van der Waals surface area (Å²) < 4.78 is 1.63. The van der Waals surface area contributed by atoms with Crippen LogP contribution in [0.3, 0.4) is 0 Å². The molecule has 0 aliphatic carbocycles.